The summed E-state index contributed by atoms with van der Waals surface area (Å²) in [5.74, 6) is 0. The summed E-state index contributed by atoms with van der Waals surface area (Å²) in [4.78, 5) is 0. The van der Waals surface area contributed by atoms with Gasteiger partial charge in [-0.15, -0.1) is 0 Å². The van der Waals surface area contributed by atoms with E-state index < -0.39 is 0 Å². The normalized spacial score (nSPS) is 36.0. The Balaban J connectivity index is 2.13. The number of aliphatic hydroxyl groups is 1. The van der Waals surface area contributed by atoms with Crippen LogP contribution in [0.1, 0.15) is 6.92 Å². The molecule has 0 aliphatic carbocycles. The van der Waals surface area contributed by atoms with Crippen molar-refractivity contribution >= 4 is 0 Å². The molecule has 1 fully saturated rings. The van der Waals surface area contributed by atoms with Crippen LogP contribution in [0.4, 0.5) is 0 Å². The highest BCUT2D eigenvalue weighted by atomic mass is 16.6. The minimum Gasteiger partial charge on any atom is -0.391 e. The third kappa shape index (κ3) is 0.698. The standard InChI is InChI=1S/C4H8O2/c1-3(5)4-2-6-4/h3-5H,2H2,1H3/t3?,4-/m0/s1. The van der Waals surface area contributed by atoms with Crippen LogP contribution in [-0.4, -0.2) is 23.9 Å². The maximum atomic E-state index is 8.57. The number of aliphatic hydroxyl groups excluding tert-OH is 1. The fourth-order valence-corrected chi connectivity index (χ4v) is 0.334. The third-order valence-electron chi connectivity index (χ3n) is 0.897. The van der Waals surface area contributed by atoms with E-state index in [0.717, 1.165) is 6.61 Å². The molecule has 0 aromatic rings. The van der Waals surface area contributed by atoms with Crippen molar-refractivity contribution in [2.75, 3.05) is 6.61 Å². The van der Waals surface area contributed by atoms with Gasteiger partial charge in [0.2, 0.25) is 0 Å². The topological polar surface area (TPSA) is 32.8 Å². The molecule has 2 nitrogen and oxygen atoms in total. The molecule has 1 rings (SSSR count). The molecule has 1 unspecified atom stereocenters. The van der Waals surface area contributed by atoms with Crippen LogP contribution in [0.2, 0.25) is 0 Å². The van der Waals surface area contributed by atoms with Crippen LogP contribution >= 0.6 is 0 Å². The molecule has 0 aromatic heterocycles. The number of hydrogen-bond acceptors (Lipinski definition) is 2. The summed E-state index contributed by atoms with van der Waals surface area (Å²) >= 11 is 0. The molecule has 0 bridgehead atoms. The van der Waals surface area contributed by atoms with Gasteiger partial charge in [-0.3, -0.25) is 0 Å². The summed E-state index contributed by atoms with van der Waals surface area (Å²) in [5.41, 5.74) is 0. The Morgan fingerprint density at radius 1 is 2.00 bits per heavy atom. The number of ether oxygens (including phenoxy) is 1. The zero-order valence-electron chi connectivity index (χ0n) is 3.72. The van der Waals surface area contributed by atoms with Crippen molar-refractivity contribution in [2.45, 2.75) is 19.1 Å². The summed E-state index contributed by atoms with van der Waals surface area (Å²) < 4.78 is 4.72. The second-order valence-electron chi connectivity index (χ2n) is 1.61. The van der Waals surface area contributed by atoms with Gasteiger partial charge in [-0.2, -0.15) is 0 Å². The van der Waals surface area contributed by atoms with Gasteiger partial charge in [0.05, 0.1) is 12.7 Å². The van der Waals surface area contributed by atoms with Crippen LogP contribution in [0, 0.1) is 0 Å². The fraction of sp³-hybridized carbons (Fsp3) is 1.00. The molecule has 0 amide bonds. The van der Waals surface area contributed by atoms with Gasteiger partial charge in [0.1, 0.15) is 6.10 Å². The minimum absolute atomic E-state index is 0.157. The second kappa shape index (κ2) is 1.21. The Labute approximate surface area is 36.7 Å². The van der Waals surface area contributed by atoms with Gasteiger partial charge in [0.15, 0.2) is 0 Å². The summed E-state index contributed by atoms with van der Waals surface area (Å²) in [6.45, 7) is 2.48. The van der Waals surface area contributed by atoms with Crippen molar-refractivity contribution in [1.82, 2.24) is 0 Å². The second-order valence-corrected chi connectivity index (χ2v) is 1.61. The number of rotatable bonds is 1. The predicted octanol–water partition coefficient (Wildman–Crippen LogP) is -0.234. The van der Waals surface area contributed by atoms with Crippen molar-refractivity contribution in [1.29, 1.82) is 0 Å². The first-order valence-electron chi connectivity index (χ1n) is 2.10. The average molecular weight is 88.1 g/mol. The van der Waals surface area contributed by atoms with Gasteiger partial charge in [0.25, 0.3) is 0 Å². The Hall–Kier alpha value is -0.0800. The largest absolute Gasteiger partial charge is 0.391 e. The molecule has 0 saturated carbocycles. The predicted molar refractivity (Wildman–Crippen MR) is 21.4 cm³/mol. The Morgan fingerprint density at radius 2 is 2.50 bits per heavy atom. The number of epoxide rings is 1. The van der Waals surface area contributed by atoms with Crippen LogP contribution in [0.25, 0.3) is 0 Å². The first-order chi connectivity index (χ1) is 2.80. The zero-order valence-corrected chi connectivity index (χ0v) is 3.72. The van der Waals surface area contributed by atoms with Gasteiger partial charge in [-0.1, -0.05) is 0 Å². The fourth-order valence-electron chi connectivity index (χ4n) is 0.334. The molecule has 6 heavy (non-hydrogen) atoms. The van der Waals surface area contributed by atoms with E-state index in [0.29, 0.717) is 0 Å². The van der Waals surface area contributed by atoms with E-state index in [-0.39, 0.29) is 12.2 Å². The Kier molecular flexibility index (Phi) is 0.821. The van der Waals surface area contributed by atoms with E-state index in [9.17, 15) is 0 Å². The lowest BCUT2D eigenvalue weighted by atomic mass is 10.3. The molecule has 1 aliphatic heterocycles. The van der Waals surface area contributed by atoms with Crippen LogP contribution in [0.15, 0.2) is 0 Å². The average Bonchev–Trinajstić information content (AvgIpc) is 2.06. The summed E-state index contributed by atoms with van der Waals surface area (Å²) in [7, 11) is 0. The maximum absolute atomic E-state index is 8.57. The van der Waals surface area contributed by atoms with Gasteiger partial charge in [-0.25, -0.2) is 0 Å². The molecule has 36 valence electrons. The van der Waals surface area contributed by atoms with E-state index in [1.807, 2.05) is 0 Å². The van der Waals surface area contributed by atoms with Crippen molar-refractivity contribution in [3.05, 3.63) is 0 Å². The molecule has 0 radical (unpaired) electrons. The van der Waals surface area contributed by atoms with Gasteiger partial charge in [-0.05, 0) is 6.92 Å². The molecule has 2 atom stereocenters. The van der Waals surface area contributed by atoms with Gasteiger partial charge < -0.3 is 9.84 Å². The highest BCUT2D eigenvalue weighted by molar-refractivity contribution is 4.73. The molecule has 0 aromatic carbocycles. The lowest BCUT2D eigenvalue weighted by Gasteiger charge is -1.90. The van der Waals surface area contributed by atoms with E-state index in [1.165, 1.54) is 0 Å². The van der Waals surface area contributed by atoms with Crippen molar-refractivity contribution in [3.63, 3.8) is 0 Å². The zero-order chi connectivity index (χ0) is 4.57. The lowest BCUT2D eigenvalue weighted by molar-refractivity contribution is 0.153. The van der Waals surface area contributed by atoms with Crippen molar-refractivity contribution in [3.8, 4) is 0 Å². The molecular formula is C4H8O2. The first-order valence-corrected chi connectivity index (χ1v) is 2.10. The van der Waals surface area contributed by atoms with E-state index >= 15 is 0 Å². The smallest absolute Gasteiger partial charge is 0.106 e. The Morgan fingerprint density at radius 3 is 2.50 bits per heavy atom. The van der Waals surface area contributed by atoms with Crippen LogP contribution in [-0.2, 0) is 4.74 Å². The molecule has 1 aliphatic rings. The molecular weight excluding hydrogens is 80.0 g/mol. The van der Waals surface area contributed by atoms with Crippen molar-refractivity contribution in [2.24, 2.45) is 0 Å². The first kappa shape index (κ1) is 4.09. The van der Waals surface area contributed by atoms with E-state index in [1.54, 1.807) is 6.92 Å². The van der Waals surface area contributed by atoms with Crippen LogP contribution in [0.3, 0.4) is 0 Å². The molecule has 1 heterocycles. The number of hydrogen-bond donors (Lipinski definition) is 1. The lowest BCUT2D eigenvalue weighted by Crippen LogP contribution is -2.07. The molecule has 2 heteroatoms. The summed E-state index contributed by atoms with van der Waals surface area (Å²) in [6.07, 6.45) is -0.102. The SMILES string of the molecule is CC(O)[C@@H]1CO1. The van der Waals surface area contributed by atoms with Crippen LogP contribution in [0.5, 0.6) is 0 Å². The highest BCUT2D eigenvalue weighted by Gasteiger charge is 2.27. The molecule has 1 saturated heterocycles. The third-order valence-corrected chi connectivity index (χ3v) is 0.897. The van der Waals surface area contributed by atoms with Gasteiger partial charge >= 0.3 is 0 Å². The summed E-state index contributed by atoms with van der Waals surface area (Å²) in [5, 5.41) is 8.57. The van der Waals surface area contributed by atoms with E-state index in [2.05, 4.69) is 0 Å². The summed E-state index contributed by atoms with van der Waals surface area (Å²) in [6, 6.07) is 0. The van der Waals surface area contributed by atoms with Crippen LogP contribution < -0.4 is 0 Å². The van der Waals surface area contributed by atoms with Gasteiger partial charge in [0, 0.05) is 0 Å². The highest BCUT2D eigenvalue weighted by Crippen LogP contribution is 2.12. The minimum atomic E-state index is -0.259. The Bertz CT molecular complexity index is 47.5. The van der Waals surface area contributed by atoms with Crippen molar-refractivity contribution < 1.29 is 9.84 Å². The van der Waals surface area contributed by atoms with E-state index in [4.69, 9.17) is 9.84 Å². The molecule has 1 N–H and O–H groups in total. The molecule has 0 spiro atoms. The monoisotopic (exact) mass is 88.1 g/mol. The quantitative estimate of drug-likeness (QED) is 0.449. The maximum Gasteiger partial charge on any atom is 0.106 e.